The summed E-state index contributed by atoms with van der Waals surface area (Å²) in [6.45, 7) is 4.72. The predicted octanol–water partition coefficient (Wildman–Crippen LogP) is 3.43. The predicted molar refractivity (Wildman–Crippen MR) is 74.5 cm³/mol. The zero-order chi connectivity index (χ0) is 14.1. The second kappa shape index (κ2) is 5.35. The number of rotatable bonds is 3. The molecule has 4 nitrogen and oxygen atoms in total. The second-order valence-electron chi connectivity index (χ2n) is 6.02. The molecule has 0 bridgehead atoms. The van der Waals surface area contributed by atoms with Crippen molar-refractivity contribution in [3.8, 4) is 17.2 Å². The Hall–Kier alpha value is -1.71. The first kappa shape index (κ1) is 13.3. The van der Waals surface area contributed by atoms with E-state index in [4.69, 9.17) is 14.2 Å². The fourth-order valence-corrected chi connectivity index (χ4v) is 3.28. The standard InChI is InChI=1S/C16H20O4/c1-10-3-11(2)5-13(4-10)20-14-7-16-15(18-9-19-16)6-12(14)8-17/h6-8,10-11,13H,3-5,9H2,1-2H3. The fraction of sp³-hybridized carbons (Fsp3) is 0.562. The molecule has 1 fully saturated rings. The summed E-state index contributed by atoms with van der Waals surface area (Å²) in [7, 11) is 0. The van der Waals surface area contributed by atoms with E-state index in [1.54, 1.807) is 12.1 Å². The minimum Gasteiger partial charge on any atom is -0.490 e. The van der Waals surface area contributed by atoms with Crippen molar-refractivity contribution >= 4 is 6.29 Å². The van der Waals surface area contributed by atoms with E-state index in [2.05, 4.69) is 13.8 Å². The van der Waals surface area contributed by atoms with Gasteiger partial charge in [0.25, 0.3) is 0 Å². The molecular weight excluding hydrogens is 256 g/mol. The fourth-order valence-electron chi connectivity index (χ4n) is 3.28. The molecule has 0 saturated heterocycles. The van der Waals surface area contributed by atoms with Crippen molar-refractivity contribution in [2.24, 2.45) is 11.8 Å². The van der Waals surface area contributed by atoms with Gasteiger partial charge in [0.05, 0.1) is 11.7 Å². The topological polar surface area (TPSA) is 44.8 Å². The van der Waals surface area contributed by atoms with E-state index in [0.29, 0.717) is 34.6 Å². The number of carbonyl (C=O) groups is 1. The van der Waals surface area contributed by atoms with Crippen LogP contribution in [0.5, 0.6) is 17.2 Å². The van der Waals surface area contributed by atoms with Crippen LogP contribution < -0.4 is 14.2 Å². The summed E-state index contributed by atoms with van der Waals surface area (Å²) in [5.41, 5.74) is 0.528. The SMILES string of the molecule is CC1CC(C)CC(Oc2cc3c(cc2C=O)OCO3)C1. The van der Waals surface area contributed by atoms with Gasteiger partial charge in [-0.2, -0.15) is 0 Å². The summed E-state index contributed by atoms with van der Waals surface area (Å²) in [5, 5.41) is 0. The molecule has 1 saturated carbocycles. The van der Waals surface area contributed by atoms with E-state index < -0.39 is 0 Å². The molecule has 4 heteroatoms. The molecule has 1 aromatic carbocycles. The van der Waals surface area contributed by atoms with Crippen LogP contribution in [-0.2, 0) is 0 Å². The maximum absolute atomic E-state index is 11.2. The lowest BCUT2D eigenvalue weighted by Gasteiger charge is -2.32. The molecule has 1 aliphatic carbocycles. The van der Waals surface area contributed by atoms with Gasteiger partial charge in [0, 0.05) is 6.07 Å². The Balaban J connectivity index is 1.81. The van der Waals surface area contributed by atoms with E-state index in [0.717, 1.165) is 19.1 Å². The molecule has 1 aromatic rings. The number of benzene rings is 1. The molecule has 1 aliphatic heterocycles. The third-order valence-electron chi connectivity index (χ3n) is 4.06. The highest BCUT2D eigenvalue weighted by atomic mass is 16.7. The van der Waals surface area contributed by atoms with Crippen molar-refractivity contribution < 1.29 is 19.0 Å². The number of ether oxygens (including phenoxy) is 3. The van der Waals surface area contributed by atoms with Gasteiger partial charge in [-0.1, -0.05) is 13.8 Å². The van der Waals surface area contributed by atoms with Crippen molar-refractivity contribution in [1.29, 1.82) is 0 Å². The van der Waals surface area contributed by atoms with E-state index in [-0.39, 0.29) is 12.9 Å². The van der Waals surface area contributed by atoms with Crippen LogP contribution in [-0.4, -0.2) is 19.2 Å². The number of carbonyl (C=O) groups excluding carboxylic acids is 1. The Kier molecular flexibility index (Phi) is 3.55. The van der Waals surface area contributed by atoms with Crippen molar-refractivity contribution in [2.75, 3.05) is 6.79 Å². The van der Waals surface area contributed by atoms with Gasteiger partial charge in [-0.3, -0.25) is 4.79 Å². The van der Waals surface area contributed by atoms with Crippen molar-refractivity contribution in [3.05, 3.63) is 17.7 Å². The summed E-state index contributed by atoms with van der Waals surface area (Å²) in [5.74, 6) is 3.21. The lowest BCUT2D eigenvalue weighted by atomic mass is 9.82. The van der Waals surface area contributed by atoms with Gasteiger partial charge in [-0.25, -0.2) is 0 Å². The van der Waals surface area contributed by atoms with Crippen molar-refractivity contribution in [2.45, 2.75) is 39.2 Å². The minimum atomic E-state index is 0.174. The third kappa shape index (κ3) is 2.60. The highest BCUT2D eigenvalue weighted by Crippen LogP contribution is 2.39. The van der Waals surface area contributed by atoms with Crippen molar-refractivity contribution in [1.82, 2.24) is 0 Å². The normalized spacial score (nSPS) is 28.2. The van der Waals surface area contributed by atoms with Crippen LogP contribution >= 0.6 is 0 Å². The first-order valence-corrected chi connectivity index (χ1v) is 7.21. The molecule has 2 unspecified atom stereocenters. The Morgan fingerprint density at radius 3 is 2.40 bits per heavy atom. The highest BCUT2D eigenvalue weighted by molar-refractivity contribution is 5.81. The monoisotopic (exact) mass is 276 g/mol. The van der Waals surface area contributed by atoms with Crippen LogP contribution in [0, 0.1) is 11.8 Å². The lowest BCUT2D eigenvalue weighted by Crippen LogP contribution is -2.28. The Morgan fingerprint density at radius 1 is 1.10 bits per heavy atom. The zero-order valence-corrected chi connectivity index (χ0v) is 11.9. The molecule has 108 valence electrons. The number of fused-ring (bicyclic) bond motifs is 1. The Bertz CT molecular complexity index is 501. The molecule has 0 spiro atoms. The average molecular weight is 276 g/mol. The summed E-state index contributed by atoms with van der Waals surface area (Å²) in [4.78, 5) is 11.2. The van der Waals surface area contributed by atoms with Gasteiger partial charge in [-0.05, 0) is 37.2 Å². The van der Waals surface area contributed by atoms with Crippen LogP contribution in [0.25, 0.3) is 0 Å². The van der Waals surface area contributed by atoms with E-state index >= 15 is 0 Å². The molecule has 2 aliphatic rings. The maximum Gasteiger partial charge on any atom is 0.231 e. The zero-order valence-electron chi connectivity index (χ0n) is 11.9. The molecule has 1 heterocycles. The summed E-state index contributed by atoms with van der Waals surface area (Å²) < 4.78 is 16.7. The van der Waals surface area contributed by atoms with Gasteiger partial charge >= 0.3 is 0 Å². The first-order valence-electron chi connectivity index (χ1n) is 7.21. The second-order valence-corrected chi connectivity index (χ2v) is 6.02. The van der Waals surface area contributed by atoms with E-state index in [1.807, 2.05) is 0 Å². The maximum atomic E-state index is 11.2. The highest BCUT2D eigenvalue weighted by Gasteiger charge is 2.27. The van der Waals surface area contributed by atoms with Gasteiger partial charge in [0.2, 0.25) is 6.79 Å². The molecule has 20 heavy (non-hydrogen) atoms. The van der Waals surface area contributed by atoms with Crippen LogP contribution in [0.1, 0.15) is 43.5 Å². The number of aldehydes is 1. The summed E-state index contributed by atoms with van der Waals surface area (Å²) in [6.07, 6.45) is 4.32. The third-order valence-corrected chi connectivity index (χ3v) is 4.06. The Labute approximate surface area is 119 Å². The molecule has 3 rings (SSSR count). The van der Waals surface area contributed by atoms with Gasteiger partial charge in [-0.15, -0.1) is 0 Å². The molecule has 2 atom stereocenters. The summed E-state index contributed by atoms with van der Waals surface area (Å²) >= 11 is 0. The van der Waals surface area contributed by atoms with E-state index in [1.165, 1.54) is 6.42 Å². The van der Waals surface area contributed by atoms with Gasteiger partial charge in [0.15, 0.2) is 17.8 Å². The lowest BCUT2D eigenvalue weighted by molar-refractivity contribution is 0.0978. The smallest absolute Gasteiger partial charge is 0.231 e. The molecule has 0 N–H and O–H groups in total. The number of hydrogen-bond donors (Lipinski definition) is 0. The van der Waals surface area contributed by atoms with Crippen LogP contribution in [0.3, 0.4) is 0 Å². The van der Waals surface area contributed by atoms with Gasteiger partial charge in [0.1, 0.15) is 5.75 Å². The molecular formula is C16H20O4. The Morgan fingerprint density at radius 2 is 1.75 bits per heavy atom. The largest absolute Gasteiger partial charge is 0.490 e. The molecule has 0 amide bonds. The quantitative estimate of drug-likeness (QED) is 0.793. The molecule has 0 aromatic heterocycles. The van der Waals surface area contributed by atoms with Crippen LogP contribution in [0.4, 0.5) is 0 Å². The average Bonchev–Trinajstić information content (AvgIpc) is 2.83. The molecule has 0 radical (unpaired) electrons. The first-order chi connectivity index (χ1) is 9.65. The number of hydrogen-bond acceptors (Lipinski definition) is 4. The van der Waals surface area contributed by atoms with Gasteiger partial charge < -0.3 is 14.2 Å². The van der Waals surface area contributed by atoms with Crippen molar-refractivity contribution in [3.63, 3.8) is 0 Å². The van der Waals surface area contributed by atoms with E-state index in [9.17, 15) is 4.79 Å². The minimum absolute atomic E-state index is 0.174. The summed E-state index contributed by atoms with van der Waals surface area (Å²) in [6, 6.07) is 3.47. The van der Waals surface area contributed by atoms with Crippen LogP contribution in [0.2, 0.25) is 0 Å². The van der Waals surface area contributed by atoms with Crippen LogP contribution in [0.15, 0.2) is 12.1 Å².